The van der Waals surface area contributed by atoms with Crippen LogP contribution >= 0.6 is 15.9 Å². The monoisotopic (exact) mass is 295 g/mol. The van der Waals surface area contributed by atoms with Gasteiger partial charge in [-0.25, -0.2) is 8.99 Å². The Morgan fingerprint density at radius 2 is 1.38 bits per heavy atom. The van der Waals surface area contributed by atoms with Gasteiger partial charge in [-0.15, -0.1) is 0 Å². The molecule has 0 spiro atoms. The van der Waals surface area contributed by atoms with E-state index in [0.29, 0.717) is 9.79 Å². The Morgan fingerprint density at radius 3 is 1.94 bits per heavy atom. The van der Waals surface area contributed by atoms with Gasteiger partial charge in [-0.1, -0.05) is 34.1 Å². The lowest BCUT2D eigenvalue weighted by Crippen LogP contribution is -1.99. The summed E-state index contributed by atoms with van der Waals surface area (Å²) in [5.74, 6) is 0. The highest BCUT2D eigenvalue weighted by atomic mass is 79.9. The third kappa shape index (κ3) is 2.18. The van der Waals surface area contributed by atoms with E-state index in [0.717, 1.165) is 4.47 Å². The van der Waals surface area contributed by atoms with Gasteiger partial charge in [0.15, 0.2) is 0 Å². The van der Waals surface area contributed by atoms with Crippen molar-refractivity contribution in [3.8, 4) is 0 Å². The van der Waals surface area contributed by atoms with Crippen LogP contribution < -0.4 is 0 Å². The highest BCUT2D eigenvalue weighted by Gasteiger charge is 2.12. The van der Waals surface area contributed by atoms with E-state index in [9.17, 15) is 4.21 Å². The fourth-order valence-corrected chi connectivity index (χ4v) is 2.97. The molecule has 82 valence electrons. The molecule has 0 amide bonds. The third-order valence-corrected chi connectivity index (χ3v) is 4.62. The van der Waals surface area contributed by atoms with Crippen molar-refractivity contribution >= 4 is 25.7 Å². The Hall–Kier alpha value is -1.13. The van der Waals surface area contributed by atoms with E-state index in [-0.39, 0.29) is 0 Å². The lowest BCUT2D eigenvalue weighted by molar-refractivity contribution is 0.674. The van der Waals surface area contributed by atoms with E-state index >= 15 is 0 Å². The van der Waals surface area contributed by atoms with E-state index in [1.54, 1.807) is 48.5 Å². The molecular formula is C12H10BrNOS. The Morgan fingerprint density at radius 1 is 0.875 bits per heavy atom. The molecule has 1 N–H and O–H groups in total. The Labute approximate surface area is 103 Å². The topological polar surface area (TPSA) is 40.9 Å². The van der Waals surface area contributed by atoms with Crippen LogP contribution in [0.4, 0.5) is 0 Å². The van der Waals surface area contributed by atoms with Crippen molar-refractivity contribution in [1.29, 1.82) is 4.78 Å². The lowest BCUT2D eigenvalue weighted by Gasteiger charge is -2.07. The molecule has 0 bridgehead atoms. The minimum absolute atomic E-state index is 0.530. The van der Waals surface area contributed by atoms with Crippen molar-refractivity contribution in [2.75, 3.05) is 0 Å². The van der Waals surface area contributed by atoms with Crippen LogP contribution in [0, 0.1) is 4.78 Å². The van der Waals surface area contributed by atoms with Gasteiger partial charge >= 0.3 is 0 Å². The Bertz CT molecular complexity index is 576. The van der Waals surface area contributed by atoms with Gasteiger partial charge in [0.2, 0.25) is 0 Å². The molecule has 2 rings (SSSR count). The van der Waals surface area contributed by atoms with Crippen LogP contribution in [0.2, 0.25) is 0 Å². The summed E-state index contributed by atoms with van der Waals surface area (Å²) >= 11 is 3.31. The summed E-state index contributed by atoms with van der Waals surface area (Å²) in [4.78, 5) is 1.07. The predicted molar refractivity (Wildman–Crippen MR) is 68.0 cm³/mol. The number of rotatable bonds is 2. The summed E-state index contributed by atoms with van der Waals surface area (Å²) < 4.78 is 21.3. The zero-order chi connectivity index (χ0) is 11.6. The highest BCUT2D eigenvalue weighted by Crippen LogP contribution is 2.22. The fraction of sp³-hybridized carbons (Fsp3) is 0. The predicted octanol–water partition coefficient (Wildman–Crippen LogP) is 3.91. The molecule has 0 aromatic heterocycles. The number of benzene rings is 2. The second-order valence-electron chi connectivity index (χ2n) is 3.32. The maximum atomic E-state index is 12.4. The molecule has 0 aliphatic carbocycles. The van der Waals surface area contributed by atoms with E-state index in [4.69, 9.17) is 4.78 Å². The molecule has 1 atom stereocenters. The van der Waals surface area contributed by atoms with Gasteiger partial charge in [0, 0.05) is 4.47 Å². The Kier molecular flexibility index (Phi) is 3.12. The summed E-state index contributed by atoms with van der Waals surface area (Å²) in [5, 5.41) is 0. The number of hydrogen-bond donors (Lipinski definition) is 1. The molecule has 2 aromatic rings. The average molecular weight is 296 g/mol. The number of nitrogens with one attached hydrogen (secondary N) is 1. The molecule has 0 radical (unpaired) electrons. The van der Waals surface area contributed by atoms with Gasteiger partial charge < -0.3 is 0 Å². The molecule has 0 fully saturated rings. The van der Waals surface area contributed by atoms with Crippen molar-refractivity contribution in [2.45, 2.75) is 9.79 Å². The van der Waals surface area contributed by atoms with Crippen LogP contribution in [0.5, 0.6) is 0 Å². The highest BCUT2D eigenvalue weighted by molar-refractivity contribution is 9.10. The molecule has 2 nitrogen and oxygen atoms in total. The first-order valence-corrected chi connectivity index (χ1v) is 7.05. The van der Waals surface area contributed by atoms with Crippen molar-refractivity contribution in [3.63, 3.8) is 0 Å². The minimum Gasteiger partial charge on any atom is -0.245 e. The SMILES string of the molecule is N=S(=O)(c1ccccc1)c1ccc(Br)cc1. The van der Waals surface area contributed by atoms with E-state index < -0.39 is 9.73 Å². The van der Waals surface area contributed by atoms with Crippen LogP contribution in [0.3, 0.4) is 0 Å². The summed E-state index contributed by atoms with van der Waals surface area (Å²) in [6.07, 6.45) is 0. The van der Waals surface area contributed by atoms with Crippen LogP contribution in [-0.4, -0.2) is 4.21 Å². The zero-order valence-electron chi connectivity index (χ0n) is 8.39. The zero-order valence-corrected chi connectivity index (χ0v) is 10.8. The summed E-state index contributed by atoms with van der Waals surface area (Å²) in [7, 11) is -2.88. The molecule has 0 heterocycles. The van der Waals surface area contributed by atoms with Gasteiger partial charge in [-0.2, -0.15) is 0 Å². The van der Waals surface area contributed by atoms with Crippen LogP contribution in [-0.2, 0) is 9.73 Å². The van der Waals surface area contributed by atoms with E-state index in [1.807, 2.05) is 6.07 Å². The molecule has 0 saturated heterocycles. The summed E-state index contributed by atoms with van der Waals surface area (Å²) in [6, 6.07) is 15.9. The Balaban J connectivity index is 2.52. The fourth-order valence-electron chi connectivity index (χ4n) is 1.37. The normalized spacial score (nSPS) is 14.3. The van der Waals surface area contributed by atoms with Crippen LogP contribution in [0.1, 0.15) is 0 Å². The van der Waals surface area contributed by atoms with Gasteiger partial charge in [0.1, 0.15) is 9.73 Å². The van der Waals surface area contributed by atoms with Gasteiger partial charge in [-0.3, -0.25) is 0 Å². The van der Waals surface area contributed by atoms with Crippen molar-refractivity contribution in [1.82, 2.24) is 0 Å². The molecule has 0 aliphatic heterocycles. The first-order valence-electron chi connectivity index (χ1n) is 4.70. The van der Waals surface area contributed by atoms with Crippen molar-refractivity contribution in [2.24, 2.45) is 0 Å². The number of hydrogen-bond acceptors (Lipinski definition) is 2. The lowest BCUT2D eigenvalue weighted by atomic mass is 10.4. The first kappa shape index (κ1) is 11.4. The van der Waals surface area contributed by atoms with E-state index in [2.05, 4.69) is 15.9 Å². The smallest absolute Gasteiger partial charge is 0.101 e. The molecular weight excluding hydrogens is 286 g/mol. The number of halogens is 1. The largest absolute Gasteiger partial charge is 0.245 e. The van der Waals surface area contributed by atoms with Gasteiger partial charge in [0.25, 0.3) is 0 Å². The molecule has 4 heteroatoms. The second-order valence-corrected chi connectivity index (χ2v) is 6.29. The van der Waals surface area contributed by atoms with Gasteiger partial charge in [0.05, 0.1) is 9.79 Å². The molecule has 0 saturated carbocycles. The average Bonchev–Trinajstić information content (AvgIpc) is 2.31. The maximum Gasteiger partial charge on any atom is 0.101 e. The molecule has 2 aromatic carbocycles. The molecule has 0 aliphatic rings. The van der Waals surface area contributed by atoms with Crippen LogP contribution in [0.25, 0.3) is 0 Å². The van der Waals surface area contributed by atoms with Crippen LogP contribution in [0.15, 0.2) is 68.9 Å². The minimum atomic E-state index is -2.88. The van der Waals surface area contributed by atoms with Gasteiger partial charge in [-0.05, 0) is 36.4 Å². The van der Waals surface area contributed by atoms with E-state index in [1.165, 1.54) is 0 Å². The summed E-state index contributed by atoms with van der Waals surface area (Å²) in [6.45, 7) is 0. The summed E-state index contributed by atoms with van der Waals surface area (Å²) in [5.41, 5.74) is 0. The first-order chi connectivity index (χ1) is 7.60. The second kappa shape index (κ2) is 4.39. The quantitative estimate of drug-likeness (QED) is 0.896. The van der Waals surface area contributed by atoms with Crippen molar-refractivity contribution in [3.05, 3.63) is 59.1 Å². The molecule has 1 unspecified atom stereocenters. The molecule has 16 heavy (non-hydrogen) atoms. The standard InChI is InChI=1S/C12H10BrNOS/c13-10-6-8-12(9-7-10)16(14,15)11-4-2-1-3-5-11/h1-9,14H. The third-order valence-electron chi connectivity index (χ3n) is 2.22. The van der Waals surface area contributed by atoms with Crippen molar-refractivity contribution < 1.29 is 4.21 Å². The maximum absolute atomic E-state index is 12.4.